The third-order valence-corrected chi connectivity index (χ3v) is 4.38. The topological polar surface area (TPSA) is 53.9 Å². The molecule has 1 aliphatic rings. The average Bonchev–Trinajstić information content (AvgIpc) is 3.02. The molecule has 2 aromatic carbocycles. The van der Waals surface area contributed by atoms with Gasteiger partial charge in [-0.25, -0.2) is 0 Å². The van der Waals surface area contributed by atoms with Gasteiger partial charge in [-0.05, 0) is 48.7 Å². The maximum Gasteiger partial charge on any atom is 0.249 e. The Balaban J connectivity index is 1.63. The third kappa shape index (κ3) is 2.78. The smallest absolute Gasteiger partial charge is 0.249 e. The summed E-state index contributed by atoms with van der Waals surface area (Å²) in [6.07, 6.45) is 2.71. The van der Waals surface area contributed by atoms with Crippen LogP contribution in [0.4, 0.5) is 23.1 Å². The molecule has 1 N–H and O–H groups in total. The number of nitrogens with one attached hydrogen (secondary N) is 1. The van der Waals surface area contributed by atoms with Crippen LogP contribution in [-0.4, -0.2) is 21.7 Å². The first-order valence-corrected chi connectivity index (χ1v) is 8.17. The molecule has 5 nitrogen and oxygen atoms in total. The van der Waals surface area contributed by atoms with Crippen LogP contribution >= 0.6 is 11.6 Å². The molecule has 0 amide bonds. The van der Waals surface area contributed by atoms with Crippen LogP contribution in [-0.2, 0) is 6.42 Å². The van der Waals surface area contributed by atoms with E-state index in [1.165, 1.54) is 11.3 Å². The van der Waals surface area contributed by atoms with Gasteiger partial charge in [-0.15, -0.1) is 5.10 Å². The highest BCUT2D eigenvalue weighted by Crippen LogP contribution is 2.33. The molecule has 0 atom stereocenters. The molecular formula is C18H16ClN5. The zero-order chi connectivity index (χ0) is 16.5. The number of hydrogen-bond acceptors (Lipinski definition) is 5. The average molecular weight is 338 g/mol. The molecule has 1 aromatic heterocycles. The van der Waals surface area contributed by atoms with Crippen LogP contribution in [0.25, 0.3) is 0 Å². The Morgan fingerprint density at radius 1 is 1.17 bits per heavy atom. The van der Waals surface area contributed by atoms with Crippen molar-refractivity contribution in [3.8, 4) is 0 Å². The van der Waals surface area contributed by atoms with E-state index in [0.29, 0.717) is 11.0 Å². The molecule has 6 heteroatoms. The SMILES string of the molecule is Cc1cc(Cl)ccc1Nc1nncc(N2CCc3ccccc32)n1. The summed E-state index contributed by atoms with van der Waals surface area (Å²) < 4.78 is 0. The van der Waals surface area contributed by atoms with E-state index in [2.05, 4.69) is 43.6 Å². The van der Waals surface area contributed by atoms with Gasteiger partial charge in [0.15, 0.2) is 5.82 Å². The Kier molecular flexibility index (Phi) is 3.78. The van der Waals surface area contributed by atoms with E-state index in [-0.39, 0.29) is 0 Å². The lowest BCUT2D eigenvalue weighted by Crippen LogP contribution is -2.16. The summed E-state index contributed by atoms with van der Waals surface area (Å²) in [5.41, 5.74) is 4.47. The lowest BCUT2D eigenvalue weighted by atomic mass is 10.2. The zero-order valence-electron chi connectivity index (χ0n) is 13.2. The van der Waals surface area contributed by atoms with Crippen molar-refractivity contribution in [3.63, 3.8) is 0 Å². The van der Waals surface area contributed by atoms with Crippen LogP contribution in [0.3, 0.4) is 0 Å². The van der Waals surface area contributed by atoms with Crippen molar-refractivity contribution in [1.29, 1.82) is 0 Å². The standard InChI is InChI=1S/C18H16ClN5/c1-12-10-14(19)6-7-15(12)21-18-22-17(11-20-23-18)24-9-8-13-4-2-3-5-16(13)24/h2-7,10-11H,8-9H2,1H3,(H,21,22,23). The maximum atomic E-state index is 6.00. The summed E-state index contributed by atoms with van der Waals surface area (Å²) >= 11 is 6.00. The van der Waals surface area contributed by atoms with Crippen LogP contribution in [0, 0.1) is 6.92 Å². The van der Waals surface area contributed by atoms with Gasteiger partial charge in [-0.1, -0.05) is 29.8 Å². The van der Waals surface area contributed by atoms with Gasteiger partial charge in [-0.2, -0.15) is 10.1 Å². The largest absolute Gasteiger partial charge is 0.324 e. The summed E-state index contributed by atoms with van der Waals surface area (Å²) in [5, 5.41) is 12.1. The van der Waals surface area contributed by atoms with Crippen molar-refractivity contribution < 1.29 is 0 Å². The van der Waals surface area contributed by atoms with E-state index in [1.807, 2.05) is 31.2 Å². The summed E-state index contributed by atoms with van der Waals surface area (Å²) in [6, 6.07) is 14.0. The fraction of sp³-hybridized carbons (Fsp3) is 0.167. The van der Waals surface area contributed by atoms with E-state index >= 15 is 0 Å². The van der Waals surface area contributed by atoms with Crippen molar-refractivity contribution in [2.24, 2.45) is 0 Å². The lowest BCUT2D eigenvalue weighted by Gasteiger charge is -2.18. The Morgan fingerprint density at radius 2 is 2.04 bits per heavy atom. The first kappa shape index (κ1) is 14.9. The van der Waals surface area contributed by atoms with E-state index in [9.17, 15) is 0 Å². The van der Waals surface area contributed by atoms with Gasteiger partial charge in [0.25, 0.3) is 0 Å². The van der Waals surface area contributed by atoms with E-state index in [4.69, 9.17) is 11.6 Å². The van der Waals surface area contributed by atoms with Gasteiger partial charge in [0.05, 0.1) is 6.20 Å². The van der Waals surface area contributed by atoms with Crippen molar-refractivity contribution in [3.05, 3.63) is 64.8 Å². The molecule has 0 unspecified atom stereocenters. The maximum absolute atomic E-state index is 6.00. The molecule has 0 fully saturated rings. The number of fused-ring (bicyclic) bond motifs is 1. The Bertz CT molecular complexity index is 896. The van der Waals surface area contributed by atoms with Crippen LogP contribution in [0.5, 0.6) is 0 Å². The highest BCUT2D eigenvalue weighted by molar-refractivity contribution is 6.30. The normalized spacial score (nSPS) is 13.0. The molecular weight excluding hydrogens is 322 g/mol. The molecule has 2 heterocycles. The third-order valence-electron chi connectivity index (χ3n) is 4.14. The molecule has 0 spiro atoms. The second-order valence-electron chi connectivity index (χ2n) is 5.75. The molecule has 0 saturated heterocycles. The molecule has 0 aliphatic carbocycles. The Morgan fingerprint density at radius 3 is 2.92 bits per heavy atom. The number of anilines is 4. The molecule has 4 rings (SSSR count). The molecule has 0 bridgehead atoms. The van der Waals surface area contributed by atoms with Crippen molar-refractivity contribution in [2.75, 3.05) is 16.8 Å². The molecule has 0 radical (unpaired) electrons. The Labute approximate surface area is 145 Å². The predicted octanol–water partition coefficient (Wildman–Crippen LogP) is 4.27. The van der Waals surface area contributed by atoms with Gasteiger partial charge in [0, 0.05) is 22.9 Å². The van der Waals surface area contributed by atoms with Gasteiger partial charge < -0.3 is 10.2 Å². The van der Waals surface area contributed by atoms with Crippen LogP contribution in [0.1, 0.15) is 11.1 Å². The lowest BCUT2D eigenvalue weighted by molar-refractivity contribution is 0.920. The number of para-hydroxylation sites is 1. The summed E-state index contributed by atoms with van der Waals surface area (Å²) in [7, 11) is 0. The van der Waals surface area contributed by atoms with Crippen molar-refractivity contribution in [1.82, 2.24) is 15.2 Å². The van der Waals surface area contributed by atoms with Gasteiger partial charge in [0.1, 0.15) is 0 Å². The first-order valence-electron chi connectivity index (χ1n) is 7.79. The minimum absolute atomic E-state index is 0.474. The van der Waals surface area contributed by atoms with E-state index in [0.717, 1.165) is 30.0 Å². The zero-order valence-corrected chi connectivity index (χ0v) is 14.0. The number of aryl methyl sites for hydroxylation is 1. The highest BCUT2D eigenvalue weighted by atomic mass is 35.5. The number of halogens is 1. The first-order chi connectivity index (χ1) is 11.7. The minimum atomic E-state index is 0.474. The molecule has 120 valence electrons. The second-order valence-corrected chi connectivity index (χ2v) is 6.19. The van der Waals surface area contributed by atoms with Crippen LogP contribution < -0.4 is 10.2 Å². The monoisotopic (exact) mass is 337 g/mol. The van der Waals surface area contributed by atoms with Gasteiger partial charge >= 0.3 is 0 Å². The van der Waals surface area contributed by atoms with Crippen LogP contribution in [0.15, 0.2) is 48.7 Å². The van der Waals surface area contributed by atoms with Gasteiger partial charge in [-0.3, -0.25) is 0 Å². The Hall–Kier alpha value is -2.66. The summed E-state index contributed by atoms with van der Waals surface area (Å²) in [6.45, 7) is 2.89. The molecule has 3 aromatic rings. The number of benzene rings is 2. The summed E-state index contributed by atoms with van der Waals surface area (Å²) in [4.78, 5) is 6.79. The molecule has 24 heavy (non-hydrogen) atoms. The molecule has 0 saturated carbocycles. The fourth-order valence-electron chi connectivity index (χ4n) is 2.94. The van der Waals surface area contributed by atoms with Crippen LogP contribution in [0.2, 0.25) is 5.02 Å². The quantitative estimate of drug-likeness (QED) is 0.773. The molecule has 1 aliphatic heterocycles. The van der Waals surface area contributed by atoms with E-state index < -0.39 is 0 Å². The van der Waals surface area contributed by atoms with Crippen molar-refractivity contribution in [2.45, 2.75) is 13.3 Å². The highest BCUT2D eigenvalue weighted by Gasteiger charge is 2.21. The number of hydrogen-bond donors (Lipinski definition) is 1. The number of nitrogens with zero attached hydrogens (tertiary/aromatic N) is 4. The summed E-state index contributed by atoms with van der Waals surface area (Å²) in [5.74, 6) is 1.27. The number of rotatable bonds is 3. The minimum Gasteiger partial charge on any atom is -0.324 e. The fourth-order valence-corrected chi connectivity index (χ4v) is 3.17. The predicted molar refractivity (Wildman–Crippen MR) is 96.5 cm³/mol. The van der Waals surface area contributed by atoms with Gasteiger partial charge in [0.2, 0.25) is 5.95 Å². The number of aromatic nitrogens is 3. The van der Waals surface area contributed by atoms with Crippen molar-refractivity contribution >= 4 is 34.7 Å². The van der Waals surface area contributed by atoms with E-state index in [1.54, 1.807) is 6.20 Å². The second kappa shape index (κ2) is 6.09.